The number of carbonyl (C=O) groups is 2. The summed E-state index contributed by atoms with van der Waals surface area (Å²) in [5.74, 6) is -0.428. The first-order valence-electron chi connectivity index (χ1n) is 9.77. The minimum Gasteiger partial charge on any atom is -0.483 e. The predicted molar refractivity (Wildman–Crippen MR) is 122 cm³/mol. The molecule has 2 amide bonds. The van der Waals surface area contributed by atoms with Gasteiger partial charge < -0.3 is 4.74 Å². The molecule has 1 heterocycles. The number of amides is 2. The van der Waals surface area contributed by atoms with Crippen LogP contribution >= 0.6 is 11.6 Å². The molecule has 0 aliphatic heterocycles. The Morgan fingerprint density at radius 2 is 1.72 bits per heavy atom. The molecule has 0 unspecified atom stereocenters. The molecule has 0 saturated carbocycles. The van der Waals surface area contributed by atoms with Crippen LogP contribution in [0.15, 0.2) is 91.3 Å². The van der Waals surface area contributed by atoms with Crippen molar-refractivity contribution in [3.63, 3.8) is 0 Å². The summed E-state index contributed by atoms with van der Waals surface area (Å²) in [4.78, 5) is 24.5. The largest absolute Gasteiger partial charge is 0.483 e. The second kappa shape index (κ2) is 9.80. The third-order valence-corrected chi connectivity index (χ3v) is 4.80. The van der Waals surface area contributed by atoms with Crippen LogP contribution in [0.25, 0.3) is 16.8 Å². The number of carbonyl (C=O) groups excluding carboxylic acids is 2. The van der Waals surface area contributed by atoms with E-state index in [9.17, 15) is 9.59 Å². The monoisotopic (exact) mass is 446 g/mol. The molecule has 0 atom stereocenters. The van der Waals surface area contributed by atoms with E-state index in [-0.39, 0.29) is 12.2 Å². The number of halogens is 1. The van der Waals surface area contributed by atoms with Crippen LogP contribution < -0.4 is 15.6 Å². The van der Waals surface area contributed by atoms with Gasteiger partial charge in [-0.05, 0) is 29.8 Å². The van der Waals surface area contributed by atoms with Crippen molar-refractivity contribution in [3.05, 3.63) is 102 Å². The summed E-state index contributed by atoms with van der Waals surface area (Å²) < 4.78 is 7.19. The van der Waals surface area contributed by atoms with Gasteiger partial charge in [-0.3, -0.25) is 20.4 Å². The minimum atomic E-state index is -0.503. The average Bonchev–Trinajstić information content (AvgIpc) is 3.32. The van der Waals surface area contributed by atoms with Gasteiger partial charge >= 0.3 is 0 Å². The number of rotatable bonds is 6. The highest BCUT2D eigenvalue weighted by Gasteiger charge is 2.12. The van der Waals surface area contributed by atoms with Gasteiger partial charge in [0.25, 0.3) is 11.8 Å². The number of hydrazine groups is 1. The van der Waals surface area contributed by atoms with E-state index in [0.29, 0.717) is 16.5 Å². The van der Waals surface area contributed by atoms with Gasteiger partial charge in [0.15, 0.2) is 6.61 Å². The number of aromatic nitrogens is 2. The Labute approximate surface area is 189 Å². The quantitative estimate of drug-likeness (QED) is 0.438. The van der Waals surface area contributed by atoms with Crippen LogP contribution in [0.3, 0.4) is 0 Å². The number of nitrogens with zero attached hydrogens (tertiary/aromatic N) is 2. The molecular formula is C24H19ClN4O3. The molecule has 7 nitrogen and oxygen atoms in total. The van der Waals surface area contributed by atoms with Gasteiger partial charge in [-0.2, -0.15) is 5.10 Å². The van der Waals surface area contributed by atoms with Crippen LogP contribution in [0.1, 0.15) is 10.4 Å². The number of hydrogen-bond acceptors (Lipinski definition) is 4. The Morgan fingerprint density at radius 3 is 2.53 bits per heavy atom. The first-order chi connectivity index (χ1) is 15.6. The number of nitrogens with one attached hydrogen (secondary N) is 2. The lowest BCUT2D eigenvalue weighted by Crippen LogP contribution is -2.43. The molecule has 3 aromatic carbocycles. The summed E-state index contributed by atoms with van der Waals surface area (Å²) in [7, 11) is 0. The van der Waals surface area contributed by atoms with Crippen molar-refractivity contribution in [2.45, 2.75) is 0 Å². The molecule has 0 saturated heterocycles. The highest BCUT2D eigenvalue weighted by molar-refractivity contribution is 6.30. The summed E-state index contributed by atoms with van der Waals surface area (Å²) in [6.07, 6.45) is 2.94. The lowest BCUT2D eigenvalue weighted by Gasteiger charge is -2.12. The molecule has 0 aliphatic carbocycles. The molecule has 0 radical (unpaired) electrons. The molecule has 160 valence electrons. The fourth-order valence-electron chi connectivity index (χ4n) is 3.03. The van der Waals surface area contributed by atoms with Gasteiger partial charge in [-0.25, -0.2) is 4.68 Å². The normalized spacial score (nSPS) is 10.4. The number of benzene rings is 3. The summed E-state index contributed by atoms with van der Waals surface area (Å²) in [5, 5.41) is 4.71. The Balaban J connectivity index is 1.32. The van der Waals surface area contributed by atoms with Crippen LogP contribution in [0.5, 0.6) is 5.75 Å². The van der Waals surface area contributed by atoms with E-state index in [2.05, 4.69) is 16.0 Å². The van der Waals surface area contributed by atoms with Crippen molar-refractivity contribution in [3.8, 4) is 22.6 Å². The van der Waals surface area contributed by atoms with E-state index in [1.54, 1.807) is 30.5 Å². The van der Waals surface area contributed by atoms with Crippen molar-refractivity contribution in [1.82, 2.24) is 20.6 Å². The van der Waals surface area contributed by atoms with Gasteiger partial charge in [-0.15, -0.1) is 0 Å². The van der Waals surface area contributed by atoms with Gasteiger partial charge in [-0.1, -0.05) is 66.2 Å². The summed E-state index contributed by atoms with van der Waals surface area (Å²) in [6.45, 7) is -0.258. The van der Waals surface area contributed by atoms with E-state index in [0.717, 1.165) is 11.1 Å². The summed E-state index contributed by atoms with van der Waals surface area (Å²) in [5.41, 5.74) is 7.55. The van der Waals surface area contributed by atoms with E-state index in [1.165, 1.54) is 10.9 Å². The molecule has 32 heavy (non-hydrogen) atoms. The van der Waals surface area contributed by atoms with Crippen molar-refractivity contribution in [2.75, 3.05) is 6.61 Å². The van der Waals surface area contributed by atoms with E-state index < -0.39 is 11.8 Å². The molecule has 8 heteroatoms. The smallest absolute Gasteiger partial charge is 0.276 e. The zero-order chi connectivity index (χ0) is 22.3. The highest BCUT2D eigenvalue weighted by atomic mass is 35.5. The van der Waals surface area contributed by atoms with Crippen LogP contribution in [0, 0.1) is 0 Å². The highest BCUT2D eigenvalue weighted by Crippen LogP contribution is 2.29. The Kier molecular flexibility index (Phi) is 6.48. The molecule has 4 aromatic rings. The zero-order valence-corrected chi connectivity index (χ0v) is 17.6. The maximum atomic E-state index is 12.3. The molecule has 2 N–H and O–H groups in total. The molecular weight excluding hydrogens is 428 g/mol. The summed E-state index contributed by atoms with van der Waals surface area (Å²) >= 11 is 5.99. The third kappa shape index (κ3) is 5.14. The second-order valence-electron chi connectivity index (χ2n) is 6.81. The fraction of sp³-hybridized carbons (Fsp3) is 0.0417. The fourth-order valence-corrected chi connectivity index (χ4v) is 3.21. The Morgan fingerprint density at radius 1 is 0.938 bits per heavy atom. The van der Waals surface area contributed by atoms with Gasteiger partial charge in [0.05, 0.1) is 17.4 Å². The lowest BCUT2D eigenvalue weighted by atomic mass is 10.1. The first kappa shape index (κ1) is 21.1. The standard InChI is InChI=1S/C24H19ClN4O3/c25-19-9-6-10-20(13-19)29-15-18(14-26-29)24(31)28-27-23(30)16-32-22-12-5-4-11-21(22)17-7-2-1-3-8-17/h1-15H,16H2,(H,27,30)(H,28,31). The first-order valence-corrected chi connectivity index (χ1v) is 10.1. The zero-order valence-electron chi connectivity index (χ0n) is 16.9. The van der Waals surface area contributed by atoms with Crippen molar-refractivity contribution in [2.24, 2.45) is 0 Å². The number of para-hydroxylation sites is 1. The topological polar surface area (TPSA) is 85.2 Å². The Bertz CT molecular complexity index is 1240. The van der Waals surface area contributed by atoms with Crippen LogP contribution in [-0.2, 0) is 4.79 Å². The third-order valence-electron chi connectivity index (χ3n) is 4.56. The van der Waals surface area contributed by atoms with Crippen molar-refractivity contribution in [1.29, 1.82) is 0 Å². The van der Waals surface area contributed by atoms with Crippen LogP contribution in [-0.4, -0.2) is 28.2 Å². The van der Waals surface area contributed by atoms with E-state index >= 15 is 0 Å². The number of ether oxygens (including phenoxy) is 1. The van der Waals surface area contributed by atoms with Gasteiger partial charge in [0.1, 0.15) is 5.75 Å². The molecule has 1 aromatic heterocycles. The molecule has 4 rings (SSSR count). The van der Waals surface area contributed by atoms with Crippen molar-refractivity contribution >= 4 is 23.4 Å². The van der Waals surface area contributed by atoms with Gasteiger partial charge in [0, 0.05) is 16.8 Å². The molecule has 0 bridgehead atoms. The number of hydrogen-bond donors (Lipinski definition) is 2. The van der Waals surface area contributed by atoms with Crippen LogP contribution in [0.4, 0.5) is 0 Å². The van der Waals surface area contributed by atoms with E-state index in [1.807, 2.05) is 54.6 Å². The maximum absolute atomic E-state index is 12.3. The minimum absolute atomic E-state index is 0.258. The summed E-state index contributed by atoms with van der Waals surface area (Å²) in [6, 6.07) is 24.2. The van der Waals surface area contributed by atoms with Gasteiger partial charge in [0.2, 0.25) is 0 Å². The molecule has 0 aliphatic rings. The average molecular weight is 447 g/mol. The predicted octanol–water partition coefficient (Wildman–Crippen LogP) is 4.03. The Hall–Kier alpha value is -4.10. The van der Waals surface area contributed by atoms with Crippen LogP contribution in [0.2, 0.25) is 5.02 Å². The molecule has 0 spiro atoms. The molecule has 0 fully saturated rings. The maximum Gasteiger partial charge on any atom is 0.276 e. The SMILES string of the molecule is O=C(COc1ccccc1-c1ccccc1)NNC(=O)c1cnn(-c2cccc(Cl)c2)c1. The van der Waals surface area contributed by atoms with E-state index in [4.69, 9.17) is 16.3 Å². The van der Waals surface area contributed by atoms with Crippen molar-refractivity contribution < 1.29 is 14.3 Å². The second-order valence-corrected chi connectivity index (χ2v) is 7.24. The lowest BCUT2D eigenvalue weighted by molar-refractivity contribution is -0.123.